The molecule has 0 aliphatic rings. The zero-order chi connectivity index (χ0) is 29.7. The van der Waals surface area contributed by atoms with E-state index in [0.29, 0.717) is 28.0 Å². The molecule has 2 heterocycles. The summed E-state index contributed by atoms with van der Waals surface area (Å²) in [6, 6.07) is 10.5. The summed E-state index contributed by atoms with van der Waals surface area (Å²) in [5, 5.41) is 9.31. The lowest BCUT2D eigenvalue weighted by Gasteiger charge is -2.21. The van der Waals surface area contributed by atoms with Gasteiger partial charge in [0.2, 0.25) is 15.8 Å². The second kappa shape index (κ2) is 12.9. The minimum absolute atomic E-state index is 0.000297. The van der Waals surface area contributed by atoms with E-state index >= 15 is 4.39 Å². The van der Waals surface area contributed by atoms with Gasteiger partial charge < -0.3 is 14.6 Å². The number of hydrogen-bond acceptors (Lipinski definition) is 5. The molecule has 0 spiro atoms. The molecular weight excluding hydrogens is 562 g/mol. The van der Waals surface area contributed by atoms with Crippen molar-refractivity contribution in [2.75, 3.05) is 44.8 Å². The fraction of sp³-hybridized carbons (Fsp3) is 0.286. The van der Waals surface area contributed by atoms with Gasteiger partial charge in [-0.3, -0.25) is 9.52 Å². The van der Waals surface area contributed by atoms with Gasteiger partial charge in [-0.1, -0.05) is 30.7 Å². The maximum atomic E-state index is 15.1. The number of fused-ring (bicyclic) bond motifs is 1. The van der Waals surface area contributed by atoms with Crippen molar-refractivity contribution >= 4 is 44.1 Å². The SMILES string of the molecule is CCCS(=O)(=O)Nc1ccc(F)c(C(=O)c2c[nH]c3ncc(-c4ccc(Cl)cc4)cc23)c1F.C[N+](C)(C)CCO. The first-order valence-corrected chi connectivity index (χ1v) is 14.5. The summed E-state index contributed by atoms with van der Waals surface area (Å²) in [5.74, 6) is -3.57. The predicted octanol–water partition coefficient (Wildman–Crippen LogP) is 5.23. The van der Waals surface area contributed by atoms with Crippen molar-refractivity contribution in [3.8, 4) is 11.1 Å². The molecule has 3 N–H and O–H groups in total. The summed E-state index contributed by atoms with van der Waals surface area (Å²) in [7, 11) is 2.32. The van der Waals surface area contributed by atoms with E-state index in [4.69, 9.17) is 16.7 Å². The zero-order valence-electron chi connectivity index (χ0n) is 22.6. The van der Waals surface area contributed by atoms with Crippen molar-refractivity contribution in [2.45, 2.75) is 13.3 Å². The number of halogens is 3. The van der Waals surface area contributed by atoms with Crippen LogP contribution in [-0.4, -0.2) is 73.8 Å². The minimum atomic E-state index is -3.84. The summed E-state index contributed by atoms with van der Waals surface area (Å²) in [5.41, 5.74) is 0.474. The number of benzene rings is 2. The summed E-state index contributed by atoms with van der Waals surface area (Å²) in [6.07, 6.45) is 3.22. The van der Waals surface area contributed by atoms with Gasteiger partial charge in [-0.25, -0.2) is 22.2 Å². The number of aliphatic hydroxyl groups excluding tert-OH is 1. The van der Waals surface area contributed by atoms with Gasteiger partial charge in [0.05, 0.1) is 44.8 Å². The van der Waals surface area contributed by atoms with Crippen LogP contribution in [0.25, 0.3) is 22.2 Å². The summed E-state index contributed by atoms with van der Waals surface area (Å²) in [4.78, 5) is 20.3. The summed E-state index contributed by atoms with van der Waals surface area (Å²) < 4.78 is 56.7. The molecule has 0 saturated heterocycles. The van der Waals surface area contributed by atoms with Gasteiger partial charge in [0.1, 0.15) is 18.0 Å². The molecule has 4 aromatic rings. The first-order chi connectivity index (χ1) is 18.8. The van der Waals surface area contributed by atoms with Gasteiger partial charge in [0, 0.05) is 33.9 Å². The van der Waals surface area contributed by atoms with Crippen LogP contribution in [0.3, 0.4) is 0 Å². The quantitative estimate of drug-likeness (QED) is 0.182. The van der Waals surface area contributed by atoms with Gasteiger partial charge in [0.15, 0.2) is 5.82 Å². The van der Waals surface area contributed by atoms with E-state index in [-0.39, 0.29) is 17.9 Å². The van der Waals surface area contributed by atoms with Crippen LogP contribution >= 0.6 is 11.6 Å². The van der Waals surface area contributed by atoms with E-state index < -0.39 is 38.7 Å². The van der Waals surface area contributed by atoms with Crippen molar-refractivity contribution in [3.63, 3.8) is 0 Å². The Bertz CT molecular complexity index is 1600. The highest BCUT2D eigenvalue weighted by atomic mass is 35.5. The molecule has 40 heavy (non-hydrogen) atoms. The number of H-pyrrole nitrogens is 1. The second-order valence-corrected chi connectivity index (χ2v) is 12.4. The molecule has 0 aliphatic carbocycles. The van der Waals surface area contributed by atoms with Crippen LogP contribution in [0.5, 0.6) is 0 Å². The molecule has 0 amide bonds. The molecular formula is C28H32ClF2N4O4S+. The van der Waals surface area contributed by atoms with Crippen molar-refractivity contribution in [1.82, 2.24) is 9.97 Å². The van der Waals surface area contributed by atoms with Crippen LogP contribution in [-0.2, 0) is 10.0 Å². The first-order valence-electron chi connectivity index (χ1n) is 12.4. The third-order valence-corrected chi connectivity index (χ3v) is 7.51. The Morgan fingerprint density at radius 3 is 2.35 bits per heavy atom. The maximum absolute atomic E-state index is 15.1. The molecule has 214 valence electrons. The summed E-state index contributed by atoms with van der Waals surface area (Å²) in [6.45, 7) is 2.77. The molecule has 0 unspecified atom stereocenters. The highest BCUT2D eigenvalue weighted by Crippen LogP contribution is 2.30. The number of pyridine rings is 1. The van der Waals surface area contributed by atoms with Gasteiger partial charge in [-0.2, -0.15) is 0 Å². The Hall–Kier alpha value is -3.38. The lowest BCUT2D eigenvalue weighted by Crippen LogP contribution is -2.36. The zero-order valence-corrected chi connectivity index (χ0v) is 24.2. The van der Waals surface area contributed by atoms with Gasteiger partial charge >= 0.3 is 0 Å². The fourth-order valence-corrected chi connectivity index (χ4v) is 5.01. The van der Waals surface area contributed by atoms with Crippen LogP contribution in [0.1, 0.15) is 29.3 Å². The number of hydrogen-bond donors (Lipinski definition) is 3. The fourth-order valence-electron chi connectivity index (χ4n) is 3.75. The third-order valence-electron chi connectivity index (χ3n) is 5.78. The van der Waals surface area contributed by atoms with E-state index in [0.717, 1.165) is 28.7 Å². The number of rotatable bonds is 9. The Labute approximate surface area is 237 Å². The largest absolute Gasteiger partial charge is 0.391 e. The number of anilines is 1. The van der Waals surface area contributed by atoms with E-state index in [9.17, 15) is 17.6 Å². The number of likely N-dealkylation sites (N-methyl/N-ethyl adjacent to an activating group) is 1. The van der Waals surface area contributed by atoms with E-state index in [2.05, 4.69) is 35.8 Å². The lowest BCUT2D eigenvalue weighted by atomic mass is 10.00. The molecule has 0 bridgehead atoms. The molecule has 8 nitrogen and oxygen atoms in total. The van der Waals surface area contributed by atoms with Crippen LogP contribution in [0.2, 0.25) is 5.02 Å². The number of aromatic amines is 1. The highest BCUT2D eigenvalue weighted by molar-refractivity contribution is 7.92. The van der Waals surface area contributed by atoms with Crippen LogP contribution in [0.4, 0.5) is 14.5 Å². The first kappa shape index (κ1) is 31.2. The highest BCUT2D eigenvalue weighted by Gasteiger charge is 2.26. The van der Waals surface area contributed by atoms with Crippen LogP contribution in [0.15, 0.2) is 54.9 Å². The van der Waals surface area contributed by atoms with Gasteiger partial charge in [-0.15, -0.1) is 0 Å². The number of nitrogens with one attached hydrogen (secondary N) is 2. The van der Waals surface area contributed by atoms with Crippen LogP contribution in [0, 0.1) is 11.6 Å². The van der Waals surface area contributed by atoms with Gasteiger partial charge in [-0.05, 0) is 42.3 Å². The Balaban J connectivity index is 0.000000559. The van der Waals surface area contributed by atoms with Gasteiger partial charge in [0.25, 0.3) is 0 Å². The molecule has 0 fully saturated rings. The Morgan fingerprint density at radius 2 is 1.77 bits per heavy atom. The monoisotopic (exact) mass is 593 g/mol. The Kier molecular flexibility index (Phi) is 10.0. The number of aliphatic hydroxyl groups is 1. The molecule has 2 aromatic carbocycles. The van der Waals surface area contributed by atoms with E-state index in [1.165, 1.54) is 6.20 Å². The van der Waals surface area contributed by atoms with Crippen molar-refractivity contribution in [2.24, 2.45) is 0 Å². The molecule has 0 radical (unpaired) electrons. The molecule has 12 heteroatoms. The molecule has 0 saturated carbocycles. The van der Waals surface area contributed by atoms with Crippen molar-refractivity contribution in [3.05, 3.63) is 82.6 Å². The van der Waals surface area contributed by atoms with Crippen molar-refractivity contribution in [1.29, 1.82) is 0 Å². The molecule has 0 aliphatic heterocycles. The predicted molar refractivity (Wildman–Crippen MR) is 154 cm³/mol. The molecule has 4 rings (SSSR count). The average Bonchev–Trinajstić information content (AvgIpc) is 3.29. The average molecular weight is 594 g/mol. The number of sulfonamides is 1. The third kappa shape index (κ3) is 7.85. The maximum Gasteiger partial charge on any atom is 0.232 e. The number of ketones is 1. The van der Waals surface area contributed by atoms with Crippen molar-refractivity contribution < 1.29 is 31.6 Å². The standard InChI is InChI=1S/C23H18ClF2N3O3S.C5H14NO/c1-2-9-33(31,32)29-19-8-7-18(25)20(21(19)26)22(30)17-12-28-23-16(17)10-14(11-27-23)13-3-5-15(24)6-4-13;1-6(2,3)4-5-7/h3-8,10-12,29H,2,9H2,1H3,(H,27,28);7H,4-5H2,1-3H3/q;+1. The molecule has 2 aromatic heterocycles. The smallest absolute Gasteiger partial charge is 0.232 e. The van der Waals surface area contributed by atoms with E-state index in [1.54, 1.807) is 43.5 Å². The number of carbonyl (C=O) groups excluding carboxylic acids is 1. The molecule has 0 atom stereocenters. The number of aromatic nitrogens is 2. The van der Waals surface area contributed by atoms with E-state index in [1.807, 2.05) is 0 Å². The number of nitrogens with zero attached hydrogens (tertiary/aromatic N) is 2. The minimum Gasteiger partial charge on any atom is -0.391 e. The topological polar surface area (TPSA) is 112 Å². The number of carbonyl (C=O) groups is 1. The Morgan fingerprint density at radius 1 is 1.10 bits per heavy atom. The normalized spacial score (nSPS) is 11.7. The number of quaternary nitrogens is 1. The lowest BCUT2D eigenvalue weighted by molar-refractivity contribution is -0.870. The van der Waals surface area contributed by atoms with Crippen LogP contribution < -0.4 is 4.72 Å². The second-order valence-electron chi connectivity index (χ2n) is 10.1. The summed E-state index contributed by atoms with van der Waals surface area (Å²) >= 11 is 5.93.